The van der Waals surface area contributed by atoms with E-state index in [0.717, 1.165) is 5.69 Å². The lowest BCUT2D eigenvalue weighted by Crippen LogP contribution is -2.02. The minimum Gasteiger partial charge on any atom is -0.348 e. The zero-order valence-electron chi connectivity index (χ0n) is 5.46. The maximum absolute atomic E-state index is 6.98. The maximum atomic E-state index is 6.98. The summed E-state index contributed by atoms with van der Waals surface area (Å²) in [5.74, 6) is 0. The topological polar surface area (TPSA) is 54.7 Å². The van der Waals surface area contributed by atoms with E-state index >= 15 is 0 Å². The standard InChI is InChI=1S/C5H9N3/c6-2-1-5-3-7-4-8-5/h3-4H,1-2,6H2,(H,7,8)/i2T/t2-/m0/s1. The van der Waals surface area contributed by atoms with Gasteiger partial charge >= 0.3 is 0 Å². The molecule has 3 N–H and O–H groups in total. The normalized spacial score (nSPS) is 15.4. The largest absolute Gasteiger partial charge is 0.348 e. The molecule has 0 amide bonds. The highest BCUT2D eigenvalue weighted by Gasteiger charge is 1.86. The predicted molar refractivity (Wildman–Crippen MR) is 31.3 cm³/mol. The summed E-state index contributed by atoms with van der Waals surface area (Å²) in [6.07, 6.45) is 3.80. The molecule has 3 nitrogen and oxygen atoms in total. The summed E-state index contributed by atoms with van der Waals surface area (Å²) in [4.78, 5) is 6.64. The molecule has 1 rings (SSSR count). The Morgan fingerprint density at radius 2 is 2.88 bits per heavy atom. The van der Waals surface area contributed by atoms with Gasteiger partial charge in [-0.2, -0.15) is 0 Å². The minimum absolute atomic E-state index is 0.537. The fraction of sp³-hybridized carbons (Fsp3) is 0.400. The van der Waals surface area contributed by atoms with E-state index in [9.17, 15) is 0 Å². The van der Waals surface area contributed by atoms with Gasteiger partial charge in [0.2, 0.25) is 0 Å². The van der Waals surface area contributed by atoms with E-state index in [4.69, 9.17) is 7.10 Å². The molecule has 0 aliphatic carbocycles. The molecular formula is C5H9N3. The highest BCUT2D eigenvalue weighted by Crippen LogP contribution is 1.88. The van der Waals surface area contributed by atoms with E-state index < -0.39 is 6.52 Å². The van der Waals surface area contributed by atoms with Crippen molar-refractivity contribution in [1.29, 1.82) is 0 Å². The van der Waals surface area contributed by atoms with Crippen LogP contribution in [0.25, 0.3) is 0 Å². The van der Waals surface area contributed by atoms with Gasteiger partial charge in [0, 0.05) is 19.7 Å². The van der Waals surface area contributed by atoms with Crippen molar-refractivity contribution in [3.05, 3.63) is 18.2 Å². The molecule has 0 aliphatic rings. The van der Waals surface area contributed by atoms with E-state index in [-0.39, 0.29) is 0 Å². The smallest absolute Gasteiger partial charge is 0.0921 e. The first-order valence-corrected chi connectivity index (χ1v) is 2.44. The molecule has 8 heavy (non-hydrogen) atoms. The van der Waals surface area contributed by atoms with Crippen LogP contribution in [0.1, 0.15) is 7.06 Å². The SMILES string of the molecule is [3H][C@H](N)Cc1cnc[nH]1. The van der Waals surface area contributed by atoms with Gasteiger partial charge in [0.1, 0.15) is 0 Å². The lowest BCUT2D eigenvalue weighted by Gasteiger charge is -1.86. The molecule has 1 aromatic rings. The Morgan fingerprint density at radius 3 is 3.38 bits per heavy atom. The number of H-pyrrole nitrogens is 1. The molecule has 0 radical (unpaired) electrons. The number of aryl methyl sites for hydroxylation is 1. The van der Waals surface area contributed by atoms with Crippen molar-refractivity contribution < 1.29 is 1.37 Å². The lowest BCUT2D eigenvalue weighted by atomic mass is 10.3. The van der Waals surface area contributed by atoms with Gasteiger partial charge in [0.15, 0.2) is 0 Å². The summed E-state index contributed by atoms with van der Waals surface area (Å²) in [6, 6.07) is 0. The van der Waals surface area contributed by atoms with Crippen LogP contribution in [0.4, 0.5) is 0 Å². The zero-order valence-corrected chi connectivity index (χ0v) is 4.46. The van der Waals surface area contributed by atoms with Crippen LogP contribution in [0.5, 0.6) is 0 Å². The fourth-order valence-corrected chi connectivity index (χ4v) is 0.523. The molecule has 1 heterocycles. The second kappa shape index (κ2) is 2.47. The number of nitrogens with one attached hydrogen (secondary N) is 1. The van der Waals surface area contributed by atoms with Crippen molar-refractivity contribution in [1.82, 2.24) is 9.97 Å². The number of nitrogens with two attached hydrogens (primary N) is 1. The minimum atomic E-state index is -0.537. The first kappa shape index (κ1) is 4.09. The summed E-state index contributed by atoms with van der Waals surface area (Å²) in [7, 11) is 0. The van der Waals surface area contributed by atoms with E-state index in [1.54, 1.807) is 12.5 Å². The van der Waals surface area contributed by atoms with Gasteiger partial charge in [-0.3, -0.25) is 0 Å². The third-order valence-corrected chi connectivity index (χ3v) is 0.893. The van der Waals surface area contributed by atoms with Gasteiger partial charge in [-0.1, -0.05) is 0 Å². The van der Waals surface area contributed by atoms with E-state index in [2.05, 4.69) is 9.97 Å². The predicted octanol–water partition coefficient (Wildman–Crippen LogP) is -0.0891. The summed E-state index contributed by atoms with van der Waals surface area (Å²) in [5, 5.41) is 0. The van der Waals surface area contributed by atoms with Gasteiger partial charge in [-0.25, -0.2) is 4.98 Å². The highest BCUT2D eigenvalue weighted by molar-refractivity contribution is 4.93. The van der Waals surface area contributed by atoms with Gasteiger partial charge in [0.05, 0.1) is 6.33 Å². The summed E-state index contributed by atoms with van der Waals surface area (Å²) < 4.78 is 6.98. The van der Waals surface area contributed by atoms with Crippen LogP contribution in [0.15, 0.2) is 12.5 Å². The Bertz CT molecular complexity index is 159. The number of imidazole rings is 1. The van der Waals surface area contributed by atoms with Crippen molar-refractivity contribution in [3.63, 3.8) is 0 Å². The van der Waals surface area contributed by atoms with Crippen molar-refractivity contribution in [2.75, 3.05) is 6.52 Å². The first-order valence-electron chi connectivity index (χ1n) is 3.02. The summed E-state index contributed by atoms with van der Waals surface area (Å²) in [6.45, 7) is -0.537. The van der Waals surface area contributed by atoms with Gasteiger partial charge in [-0.15, -0.1) is 0 Å². The van der Waals surface area contributed by atoms with Crippen molar-refractivity contribution in [2.24, 2.45) is 5.73 Å². The molecule has 0 aliphatic heterocycles. The van der Waals surface area contributed by atoms with E-state index in [0.29, 0.717) is 6.42 Å². The molecule has 0 unspecified atom stereocenters. The monoisotopic (exact) mass is 113 g/mol. The summed E-state index contributed by atoms with van der Waals surface area (Å²) in [5.41, 5.74) is 6.12. The third kappa shape index (κ3) is 1.07. The molecule has 0 saturated carbocycles. The van der Waals surface area contributed by atoms with Crippen LogP contribution in [-0.4, -0.2) is 16.5 Å². The number of nitrogens with zero attached hydrogens (tertiary/aromatic N) is 1. The second-order valence-electron chi connectivity index (χ2n) is 1.52. The van der Waals surface area contributed by atoms with Crippen LogP contribution in [0.3, 0.4) is 0 Å². The molecule has 3 heteroatoms. The quantitative estimate of drug-likeness (QED) is 0.563. The Hall–Kier alpha value is -0.830. The van der Waals surface area contributed by atoms with Gasteiger partial charge in [-0.05, 0) is 6.52 Å². The van der Waals surface area contributed by atoms with Crippen LogP contribution in [0.2, 0.25) is 0 Å². The first-order chi connectivity index (χ1) is 4.29. The Labute approximate surface area is 49.3 Å². The third-order valence-electron chi connectivity index (χ3n) is 0.893. The average molecular weight is 113 g/mol. The number of hydrogen-bond donors (Lipinski definition) is 2. The molecule has 0 saturated heterocycles. The van der Waals surface area contributed by atoms with Crippen LogP contribution in [-0.2, 0) is 6.42 Å². The van der Waals surface area contributed by atoms with Gasteiger partial charge in [0.25, 0.3) is 0 Å². The Morgan fingerprint density at radius 1 is 2.00 bits per heavy atom. The van der Waals surface area contributed by atoms with Crippen molar-refractivity contribution in [2.45, 2.75) is 6.42 Å². The molecule has 44 valence electrons. The molecule has 1 atom stereocenters. The fourth-order valence-electron chi connectivity index (χ4n) is 0.523. The van der Waals surface area contributed by atoms with E-state index in [1.807, 2.05) is 0 Å². The summed E-state index contributed by atoms with van der Waals surface area (Å²) >= 11 is 0. The highest BCUT2D eigenvalue weighted by atomic mass is 14.9. The Balaban J connectivity index is 2.48. The Kier molecular flexibility index (Phi) is 1.26. The lowest BCUT2D eigenvalue weighted by molar-refractivity contribution is 0.935. The molecule has 0 fully saturated rings. The zero-order chi connectivity index (χ0) is 6.69. The van der Waals surface area contributed by atoms with Gasteiger partial charge < -0.3 is 10.7 Å². The number of hydrogen-bond acceptors (Lipinski definition) is 2. The molecular weight excluding hydrogens is 102 g/mol. The van der Waals surface area contributed by atoms with Crippen molar-refractivity contribution in [3.8, 4) is 0 Å². The number of rotatable bonds is 2. The average Bonchev–Trinajstić information content (AvgIpc) is 2.15. The second-order valence-corrected chi connectivity index (χ2v) is 1.52. The van der Waals surface area contributed by atoms with E-state index in [1.165, 1.54) is 0 Å². The number of aromatic amines is 1. The molecule has 0 bridgehead atoms. The van der Waals surface area contributed by atoms with Crippen molar-refractivity contribution >= 4 is 0 Å². The van der Waals surface area contributed by atoms with Crippen LogP contribution >= 0.6 is 0 Å². The molecule has 1 aromatic heterocycles. The molecule has 0 aromatic carbocycles. The number of aromatic nitrogens is 2. The molecule has 0 spiro atoms. The maximum Gasteiger partial charge on any atom is 0.0921 e. The van der Waals surface area contributed by atoms with Crippen LogP contribution < -0.4 is 5.73 Å². The van der Waals surface area contributed by atoms with Crippen LogP contribution in [0, 0.1) is 0 Å².